The average molecular weight is 334 g/mol. The van der Waals surface area contributed by atoms with Crippen molar-refractivity contribution in [1.29, 1.82) is 0 Å². The third-order valence-corrected chi connectivity index (χ3v) is 3.80. The number of benzene rings is 2. The van der Waals surface area contributed by atoms with E-state index >= 15 is 0 Å². The molecule has 0 unspecified atom stereocenters. The fourth-order valence-corrected chi connectivity index (χ4v) is 2.44. The molecule has 6 nitrogen and oxygen atoms in total. The standard InChI is InChI=1S/C18H22O6/c1-21-13-7-5-11(9-15(13)23-3)17(19)18(20)12-6-8-14(22-2)16(10-12)24-4/h5-10,17-20H,1-4H3/t17-,18+. The molecule has 0 saturated heterocycles. The van der Waals surface area contributed by atoms with Crippen molar-refractivity contribution in [2.24, 2.45) is 0 Å². The van der Waals surface area contributed by atoms with E-state index in [9.17, 15) is 10.2 Å². The zero-order valence-electron chi connectivity index (χ0n) is 14.1. The molecule has 2 atom stereocenters. The van der Waals surface area contributed by atoms with Crippen molar-refractivity contribution in [2.45, 2.75) is 12.2 Å². The molecule has 0 radical (unpaired) electrons. The molecule has 2 aromatic carbocycles. The number of aliphatic hydroxyl groups is 2. The SMILES string of the molecule is COc1ccc([C@@H](O)[C@@H](O)c2ccc(OC)c(OC)c2)cc1OC. The Kier molecular flexibility index (Phi) is 5.89. The highest BCUT2D eigenvalue weighted by atomic mass is 16.5. The molecule has 0 spiro atoms. The molecular weight excluding hydrogens is 312 g/mol. The Labute approximate surface area is 141 Å². The first-order valence-corrected chi connectivity index (χ1v) is 7.35. The molecule has 0 saturated carbocycles. The molecule has 0 heterocycles. The first-order valence-electron chi connectivity index (χ1n) is 7.35. The Hall–Kier alpha value is -2.44. The molecule has 0 aliphatic carbocycles. The molecule has 2 aromatic rings. The van der Waals surface area contributed by atoms with Crippen LogP contribution in [0.1, 0.15) is 23.3 Å². The van der Waals surface area contributed by atoms with E-state index < -0.39 is 12.2 Å². The van der Waals surface area contributed by atoms with Crippen LogP contribution in [0.15, 0.2) is 36.4 Å². The maximum absolute atomic E-state index is 10.5. The van der Waals surface area contributed by atoms with Gasteiger partial charge in [-0.15, -0.1) is 0 Å². The minimum absolute atomic E-state index is 0.480. The lowest BCUT2D eigenvalue weighted by Crippen LogP contribution is -2.11. The fourth-order valence-electron chi connectivity index (χ4n) is 2.44. The fraction of sp³-hybridized carbons (Fsp3) is 0.333. The Morgan fingerprint density at radius 3 is 1.21 bits per heavy atom. The smallest absolute Gasteiger partial charge is 0.161 e. The molecule has 6 heteroatoms. The van der Waals surface area contributed by atoms with Crippen molar-refractivity contribution in [3.63, 3.8) is 0 Å². The number of ether oxygens (including phenoxy) is 4. The van der Waals surface area contributed by atoms with Crippen LogP contribution in [0, 0.1) is 0 Å². The van der Waals surface area contributed by atoms with Crippen LogP contribution in [-0.2, 0) is 0 Å². The Balaban J connectivity index is 2.30. The van der Waals surface area contributed by atoms with E-state index in [1.165, 1.54) is 28.4 Å². The quantitative estimate of drug-likeness (QED) is 0.810. The lowest BCUT2D eigenvalue weighted by atomic mass is 9.97. The van der Waals surface area contributed by atoms with Gasteiger partial charge < -0.3 is 29.2 Å². The second-order valence-electron chi connectivity index (χ2n) is 5.12. The predicted molar refractivity (Wildman–Crippen MR) is 89.0 cm³/mol. The van der Waals surface area contributed by atoms with Crippen LogP contribution in [0.2, 0.25) is 0 Å². The van der Waals surface area contributed by atoms with Crippen LogP contribution in [0.3, 0.4) is 0 Å². The van der Waals surface area contributed by atoms with Gasteiger partial charge in [-0.05, 0) is 35.4 Å². The summed E-state index contributed by atoms with van der Waals surface area (Å²) in [6.45, 7) is 0. The summed E-state index contributed by atoms with van der Waals surface area (Å²) in [5.41, 5.74) is 1.02. The van der Waals surface area contributed by atoms with Gasteiger partial charge in [-0.1, -0.05) is 12.1 Å². The highest BCUT2D eigenvalue weighted by molar-refractivity contribution is 5.46. The maximum Gasteiger partial charge on any atom is 0.161 e. The van der Waals surface area contributed by atoms with Gasteiger partial charge >= 0.3 is 0 Å². The van der Waals surface area contributed by atoms with E-state index in [4.69, 9.17) is 18.9 Å². The minimum atomic E-state index is -1.14. The lowest BCUT2D eigenvalue weighted by molar-refractivity contribution is 0.0169. The third kappa shape index (κ3) is 3.55. The molecule has 0 bridgehead atoms. The van der Waals surface area contributed by atoms with Gasteiger partial charge in [0.1, 0.15) is 12.2 Å². The van der Waals surface area contributed by atoms with Crippen molar-refractivity contribution in [1.82, 2.24) is 0 Å². The number of hydrogen-bond acceptors (Lipinski definition) is 6. The summed E-state index contributed by atoms with van der Waals surface area (Å²) in [4.78, 5) is 0. The van der Waals surface area contributed by atoms with Crippen molar-refractivity contribution in [3.05, 3.63) is 47.5 Å². The van der Waals surface area contributed by atoms with Gasteiger partial charge in [0.15, 0.2) is 23.0 Å². The summed E-state index contributed by atoms with van der Waals surface area (Å²) in [6, 6.07) is 9.98. The van der Waals surface area contributed by atoms with Gasteiger partial charge in [-0.25, -0.2) is 0 Å². The maximum atomic E-state index is 10.5. The molecule has 0 amide bonds. The van der Waals surface area contributed by atoms with Crippen LogP contribution < -0.4 is 18.9 Å². The van der Waals surface area contributed by atoms with Crippen molar-refractivity contribution < 1.29 is 29.2 Å². The van der Waals surface area contributed by atoms with E-state index in [1.54, 1.807) is 36.4 Å². The third-order valence-electron chi connectivity index (χ3n) is 3.80. The largest absolute Gasteiger partial charge is 0.493 e. The van der Waals surface area contributed by atoms with E-state index in [0.29, 0.717) is 34.1 Å². The summed E-state index contributed by atoms with van der Waals surface area (Å²) in [6.07, 6.45) is -2.27. The normalized spacial score (nSPS) is 13.1. The second kappa shape index (κ2) is 7.90. The average Bonchev–Trinajstić information content (AvgIpc) is 2.65. The molecule has 24 heavy (non-hydrogen) atoms. The highest BCUT2D eigenvalue weighted by Gasteiger charge is 2.23. The van der Waals surface area contributed by atoms with Crippen molar-refractivity contribution >= 4 is 0 Å². The second-order valence-corrected chi connectivity index (χ2v) is 5.12. The van der Waals surface area contributed by atoms with E-state index in [1.807, 2.05) is 0 Å². The molecule has 0 fully saturated rings. The number of rotatable bonds is 7. The molecule has 2 N–H and O–H groups in total. The zero-order valence-corrected chi connectivity index (χ0v) is 14.1. The van der Waals surface area contributed by atoms with Crippen molar-refractivity contribution in [2.75, 3.05) is 28.4 Å². The van der Waals surface area contributed by atoms with Gasteiger partial charge in [0, 0.05) is 0 Å². The Bertz CT molecular complexity index is 626. The molecule has 130 valence electrons. The first kappa shape index (κ1) is 17.9. The van der Waals surface area contributed by atoms with Gasteiger partial charge in [-0.2, -0.15) is 0 Å². The topological polar surface area (TPSA) is 77.4 Å². The van der Waals surface area contributed by atoms with Crippen LogP contribution in [-0.4, -0.2) is 38.7 Å². The van der Waals surface area contributed by atoms with Gasteiger partial charge in [-0.3, -0.25) is 0 Å². The van der Waals surface area contributed by atoms with Crippen LogP contribution in [0.5, 0.6) is 23.0 Å². The van der Waals surface area contributed by atoms with E-state index in [-0.39, 0.29) is 0 Å². The summed E-state index contributed by atoms with van der Waals surface area (Å²) in [5, 5.41) is 21.0. The van der Waals surface area contributed by atoms with E-state index in [2.05, 4.69) is 0 Å². The lowest BCUT2D eigenvalue weighted by Gasteiger charge is -2.20. The van der Waals surface area contributed by atoms with Gasteiger partial charge in [0.05, 0.1) is 28.4 Å². The monoisotopic (exact) mass is 334 g/mol. The Morgan fingerprint density at radius 2 is 0.917 bits per heavy atom. The molecular formula is C18H22O6. The van der Waals surface area contributed by atoms with Crippen LogP contribution >= 0.6 is 0 Å². The Morgan fingerprint density at radius 1 is 0.583 bits per heavy atom. The molecule has 2 rings (SSSR count). The summed E-state index contributed by atoms with van der Waals surface area (Å²) >= 11 is 0. The van der Waals surface area contributed by atoms with Gasteiger partial charge in [0.2, 0.25) is 0 Å². The summed E-state index contributed by atoms with van der Waals surface area (Å²) < 4.78 is 20.8. The summed E-state index contributed by atoms with van der Waals surface area (Å²) in [7, 11) is 6.09. The van der Waals surface area contributed by atoms with E-state index in [0.717, 1.165) is 0 Å². The highest BCUT2D eigenvalue weighted by Crippen LogP contribution is 2.37. The first-order chi connectivity index (χ1) is 11.5. The number of methoxy groups -OCH3 is 4. The molecule has 0 aliphatic heterocycles. The zero-order chi connectivity index (χ0) is 17.7. The van der Waals surface area contributed by atoms with Crippen LogP contribution in [0.4, 0.5) is 0 Å². The minimum Gasteiger partial charge on any atom is -0.493 e. The molecule has 0 aliphatic rings. The summed E-state index contributed by atoms with van der Waals surface area (Å²) in [5.74, 6) is 2.06. The number of aliphatic hydroxyl groups excluding tert-OH is 2. The molecule has 0 aromatic heterocycles. The van der Waals surface area contributed by atoms with Crippen LogP contribution in [0.25, 0.3) is 0 Å². The van der Waals surface area contributed by atoms with Crippen molar-refractivity contribution in [3.8, 4) is 23.0 Å². The number of hydrogen-bond donors (Lipinski definition) is 2. The van der Waals surface area contributed by atoms with Gasteiger partial charge in [0.25, 0.3) is 0 Å². The predicted octanol–water partition coefficient (Wildman–Crippen LogP) is 2.49.